The first kappa shape index (κ1) is 13.6. The van der Waals surface area contributed by atoms with Gasteiger partial charge in [0.25, 0.3) is 0 Å². The Balaban J connectivity index is 2.42. The molecule has 5 heteroatoms. The molecule has 2 aromatic carbocycles. The van der Waals surface area contributed by atoms with E-state index < -0.39 is 4.92 Å². The minimum absolute atomic E-state index is 0.122. The van der Waals surface area contributed by atoms with Crippen LogP contribution in [0.25, 0.3) is 0 Å². The molecule has 0 aliphatic carbocycles. The van der Waals surface area contributed by atoms with Gasteiger partial charge in [0, 0.05) is 6.07 Å². The van der Waals surface area contributed by atoms with Gasteiger partial charge in [-0.25, -0.2) is 0 Å². The average Bonchev–Trinajstić information content (AvgIpc) is 2.47. The fourth-order valence-electron chi connectivity index (χ4n) is 1.72. The Labute approximate surface area is 116 Å². The maximum Gasteiger partial charge on any atom is 0.311 e. The van der Waals surface area contributed by atoms with Crippen molar-refractivity contribution >= 4 is 5.69 Å². The van der Waals surface area contributed by atoms with E-state index in [4.69, 9.17) is 10.00 Å². The molecule has 0 bridgehead atoms. The molecule has 0 amide bonds. The second-order valence-corrected chi connectivity index (χ2v) is 4.25. The zero-order valence-corrected chi connectivity index (χ0v) is 10.8. The molecule has 5 nitrogen and oxygen atoms in total. The van der Waals surface area contributed by atoms with Gasteiger partial charge < -0.3 is 4.74 Å². The summed E-state index contributed by atoms with van der Waals surface area (Å²) in [6, 6.07) is 15.4. The first-order valence-electron chi connectivity index (χ1n) is 6.02. The van der Waals surface area contributed by atoms with E-state index in [-0.39, 0.29) is 17.4 Å². The van der Waals surface area contributed by atoms with Crippen molar-refractivity contribution in [3.8, 4) is 17.6 Å². The standard InChI is InChI=1S/C15H12N2O3/c1-11(10-16)12-7-8-14(17(18)19)15(9-12)20-13-5-3-2-4-6-13/h2-9,11H,1H3. The van der Waals surface area contributed by atoms with E-state index in [2.05, 4.69) is 6.07 Å². The third-order valence-electron chi connectivity index (χ3n) is 2.85. The number of nitro groups is 1. The number of benzene rings is 2. The molecule has 0 saturated heterocycles. The minimum Gasteiger partial charge on any atom is -0.450 e. The SMILES string of the molecule is CC(C#N)c1ccc([N+](=O)[O-])c(Oc2ccccc2)c1. The van der Waals surface area contributed by atoms with Crippen LogP contribution in [-0.2, 0) is 0 Å². The van der Waals surface area contributed by atoms with E-state index >= 15 is 0 Å². The predicted molar refractivity (Wildman–Crippen MR) is 73.6 cm³/mol. The Bertz CT molecular complexity index is 663. The Morgan fingerprint density at radius 1 is 1.25 bits per heavy atom. The number of para-hydroxylation sites is 1. The third kappa shape index (κ3) is 2.93. The van der Waals surface area contributed by atoms with Crippen molar-refractivity contribution in [3.63, 3.8) is 0 Å². The quantitative estimate of drug-likeness (QED) is 0.620. The molecule has 20 heavy (non-hydrogen) atoms. The highest BCUT2D eigenvalue weighted by Crippen LogP contribution is 2.33. The fraction of sp³-hybridized carbons (Fsp3) is 0.133. The molecule has 0 aliphatic rings. The van der Waals surface area contributed by atoms with E-state index in [1.165, 1.54) is 6.07 Å². The monoisotopic (exact) mass is 268 g/mol. The number of rotatable bonds is 4. The molecule has 0 spiro atoms. The van der Waals surface area contributed by atoms with Crippen molar-refractivity contribution in [1.29, 1.82) is 5.26 Å². The summed E-state index contributed by atoms with van der Waals surface area (Å²) in [7, 11) is 0. The topological polar surface area (TPSA) is 76.2 Å². The van der Waals surface area contributed by atoms with Crippen LogP contribution in [0.2, 0.25) is 0 Å². The number of nitrogens with zero attached hydrogens (tertiary/aromatic N) is 2. The highest BCUT2D eigenvalue weighted by Gasteiger charge is 2.18. The third-order valence-corrected chi connectivity index (χ3v) is 2.85. The van der Waals surface area contributed by atoms with Crippen molar-refractivity contribution < 1.29 is 9.66 Å². The average molecular weight is 268 g/mol. The van der Waals surface area contributed by atoms with Crippen molar-refractivity contribution in [1.82, 2.24) is 0 Å². The predicted octanol–water partition coefficient (Wildman–Crippen LogP) is 4.01. The summed E-state index contributed by atoms with van der Waals surface area (Å²) in [5, 5.41) is 19.9. The molecule has 1 unspecified atom stereocenters. The zero-order valence-electron chi connectivity index (χ0n) is 10.8. The highest BCUT2D eigenvalue weighted by molar-refractivity contribution is 5.51. The number of hydrogen-bond acceptors (Lipinski definition) is 4. The van der Waals surface area contributed by atoms with Crippen LogP contribution in [0.15, 0.2) is 48.5 Å². The van der Waals surface area contributed by atoms with E-state index in [9.17, 15) is 10.1 Å². The summed E-state index contributed by atoms with van der Waals surface area (Å²) in [5.41, 5.74) is 0.562. The molecule has 2 rings (SSSR count). The van der Waals surface area contributed by atoms with Gasteiger partial charge in [-0.15, -0.1) is 0 Å². The number of hydrogen-bond donors (Lipinski definition) is 0. The van der Waals surface area contributed by atoms with Crippen LogP contribution in [-0.4, -0.2) is 4.92 Å². The summed E-state index contributed by atoms with van der Waals surface area (Å²) < 4.78 is 5.56. The normalized spacial score (nSPS) is 11.4. The first-order chi connectivity index (χ1) is 9.61. The van der Waals surface area contributed by atoms with Gasteiger partial charge in [0.15, 0.2) is 0 Å². The molecular formula is C15H12N2O3. The van der Waals surface area contributed by atoms with E-state index in [0.29, 0.717) is 11.3 Å². The highest BCUT2D eigenvalue weighted by atomic mass is 16.6. The number of nitriles is 1. The van der Waals surface area contributed by atoms with Crippen LogP contribution in [0.4, 0.5) is 5.69 Å². The molecule has 0 heterocycles. The molecule has 0 saturated carbocycles. The summed E-state index contributed by atoms with van der Waals surface area (Å²) in [5.74, 6) is 0.298. The zero-order chi connectivity index (χ0) is 14.5. The van der Waals surface area contributed by atoms with Crippen LogP contribution < -0.4 is 4.74 Å². The second kappa shape index (κ2) is 5.85. The van der Waals surface area contributed by atoms with Gasteiger partial charge in [0.05, 0.1) is 16.9 Å². The van der Waals surface area contributed by atoms with Crippen molar-refractivity contribution in [3.05, 3.63) is 64.2 Å². The lowest BCUT2D eigenvalue weighted by atomic mass is 10.0. The fourth-order valence-corrected chi connectivity index (χ4v) is 1.72. The summed E-state index contributed by atoms with van der Waals surface area (Å²) in [4.78, 5) is 10.5. The van der Waals surface area contributed by atoms with Crippen LogP contribution >= 0.6 is 0 Å². The molecule has 0 N–H and O–H groups in total. The lowest BCUT2D eigenvalue weighted by Gasteiger charge is -2.09. The van der Waals surface area contributed by atoms with Crippen molar-refractivity contribution in [2.45, 2.75) is 12.8 Å². The van der Waals surface area contributed by atoms with Crippen molar-refractivity contribution in [2.24, 2.45) is 0 Å². The lowest BCUT2D eigenvalue weighted by Crippen LogP contribution is -1.96. The Morgan fingerprint density at radius 2 is 1.95 bits per heavy atom. The van der Waals surface area contributed by atoms with E-state index in [1.54, 1.807) is 43.3 Å². The molecular weight excluding hydrogens is 256 g/mol. The largest absolute Gasteiger partial charge is 0.450 e. The van der Waals surface area contributed by atoms with Gasteiger partial charge in [-0.05, 0) is 30.7 Å². The summed E-state index contributed by atoms with van der Waals surface area (Å²) >= 11 is 0. The molecule has 0 aliphatic heterocycles. The van der Waals surface area contributed by atoms with E-state index in [0.717, 1.165) is 0 Å². The van der Waals surface area contributed by atoms with Crippen LogP contribution in [0.1, 0.15) is 18.4 Å². The van der Waals surface area contributed by atoms with Gasteiger partial charge in [0.2, 0.25) is 5.75 Å². The molecule has 0 aromatic heterocycles. The molecule has 0 fully saturated rings. The second-order valence-electron chi connectivity index (χ2n) is 4.25. The summed E-state index contributed by atoms with van der Waals surface area (Å²) in [6.07, 6.45) is 0. The summed E-state index contributed by atoms with van der Waals surface area (Å²) in [6.45, 7) is 1.73. The number of ether oxygens (including phenoxy) is 1. The van der Waals surface area contributed by atoms with Gasteiger partial charge in [0.1, 0.15) is 5.75 Å². The molecule has 2 aromatic rings. The van der Waals surface area contributed by atoms with E-state index in [1.807, 2.05) is 6.07 Å². The minimum atomic E-state index is -0.501. The Hall–Kier alpha value is -2.87. The van der Waals surface area contributed by atoms with Crippen LogP contribution in [0, 0.1) is 21.4 Å². The van der Waals surface area contributed by atoms with Gasteiger partial charge in [-0.2, -0.15) is 5.26 Å². The maximum absolute atomic E-state index is 11.0. The molecule has 1 atom stereocenters. The number of nitro benzene ring substituents is 1. The van der Waals surface area contributed by atoms with Crippen LogP contribution in [0.5, 0.6) is 11.5 Å². The first-order valence-corrected chi connectivity index (χ1v) is 6.02. The van der Waals surface area contributed by atoms with Crippen molar-refractivity contribution in [2.75, 3.05) is 0 Å². The van der Waals surface area contributed by atoms with Gasteiger partial charge >= 0.3 is 5.69 Å². The molecule has 0 radical (unpaired) electrons. The Kier molecular flexibility index (Phi) is 3.96. The van der Waals surface area contributed by atoms with Gasteiger partial charge in [-0.3, -0.25) is 10.1 Å². The maximum atomic E-state index is 11.0. The molecule has 100 valence electrons. The lowest BCUT2D eigenvalue weighted by molar-refractivity contribution is -0.385. The van der Waals surface area contributed by atoms with Gasteiger partial charge in [-0.1, -0.05) is 24.3 Å². The smallest absolute Gasteiger partial charge is 0.311 e. The van der Waals surface area contributed by atoms with Crippen LogP contribution in [0.3, 0.4) is 0 Å². The Morgan fingerprint density at radius 3 is 2.55 bits per heavy atom.